The maximum Gasteiger partial charge on any atom is 0.161 e. The molecule has 1 N–H and O–H groups in total. The van der Waals surface area contributed by atoms with E-state index in [1.54, 1.807) is 7.11 Å². The van der Waals surface area contributed by atoms with Crippen LogP contribution in [0.15, 0.2) is 24.3 Å². The van der Waals surface area contributed by atoms with Crippen LogP contribution in [0.2, 0.25) is 0 Å². The predicted octanol–water partition coefficient (Wildman–Crippen LogP) is 3.01. The van der Waals surface area contributed by atoms with Gasteiger partial charge in [0.05, 0.1) is 7.11 Å². The molecule has 0 radical (unpaired) electrons. The summed E-state index contributed by atoms with van der Waals surface area (Å²) in [5, 5.41) is 3.54. The maximum atomic E-state index is 6.10. The average Bonchev–Trinajstić information content (AvgIpc) is 2.50. The Labute approximate surface area is 127 Å². The highest BCUT2D eigenvalue weighted by Gasteiger charge is 2.43. The lowest BCUT2D eigenvalue weighted by atomic mass is 9.85. The van der Waals surface area contributed by atoms with Crippen molar-refractivity contribution < 1.29 is 14.2 Å². The van der Waals surface area contributed by atoms with Gasteiger partial charge in [0.25, 0.3) is 0 Å². The second-order valence-corrected chi connectivity index (χ2v) is 5.44. The normalized spacial score (nSPS) is 24.4. The minimum Gasteiger partial charge on any atom is -0.493 e. The number of hydrogen-bond acceptors (Lipinski definition) is 4. The number of methoxy groups -OCH3 is 1. The Balaban J connectivity index is 1.95. The van der Waals surface area contributed by atoms with Gasteiger partial charge in [0.1, 0.15) is 12.2 Å². The largest absolute Gasteiger partial charge is 0.493 e. The summed E-state index contributed by atoms with van der Waals surface area (Å²) in [5.74, 6) is 1.57. The number of nitrogens with one attached hydrogen (secondary N) is 1. The van der Waals surface area contributed by atoms with Crippen molar-refractivity contribution >= 4 is 0 Å². The first-order chi connectivity index (χ1) is 10.3. The smallest absolute Gasteiger partial charge is 0.161 e. The molecule has 4 nitrogen and oxygen atoms in total. The summed E-state index contributed by atoms with van der Waals surface area (Å²) >= 11 is 0. The fourth-order valence-corrected chi connectivity index (χ4v) is 2.58. The molecule has 2 rings (SSSR count). The minimum absolute atomic E-state index is 0.0993. The second-order valence-electron chi connectivity index (χ2n) is 5.44. The zero-order valence-electron chi connectivity index (χ0n) is 13.3. The van der Waals surface area contributed by atoms with Crippen LogP contribution in [0, 0.1) is 0 Å². The average molecular weight is 293 g/mol. The summed E-state index contributed by atoms with van der Waals surface area (Å²) < 4.78 is 17.4. The fraction of sp³-hybridized carbons (Fsp3) is 0.647. The molecule has 0 aromatic heterocycles. The van der Waals surface area contributed by atoms with Crippen molar-refractivity contribution in [3.8, 4) is 11.5 Å². The fourth-order valence-electron chi connectivity index (χ4n) is 2.58. The lowest BCUT2D eigenvalue weighted by Crippen LogP contribution is -2.61. The molecule has 1 aliphatic rings. The van der Waals surface area contributed by atoms with E-state index < -0.39 is 0 Å². The number of hydrogen-bond donors (Lipinski definition) is 1. The van der Waals surface area contributed by atoms with Gasteiger partial charge in [0.2, 0.25) is 0 Å². The number of rotatable bonds is 9. The highest BCUT2D eigenvalue weighted by atomic mass is 16.6. The van der Waals surface area contributed by atoms with Gasteiger partial charge in [-0.15, -0.1) is 0 Å². The van der Waals surface area contributed by atoms with Crippen LogP contribution in [-0.4, -0.2) is 38.5 Å². The van der Waals surface area contributed by atoms with E-state index >= 15 is 0 Å². The Morgan fingerprint density at radius 1 is 1.14 bits per heavy atom. The van der Waals surface area contributed by atoms with Crippen LogP contribution in [0.3, 0.4) is 0 Å². The summed E-state index contributed by atoms with van der Waals surface area (Å²) in [6, 6.07) is 8.18. The third kappa shape index (κ3) is 4.11. The van der Waals surface area contributed by atoms with Crippen molar-refractivity contribution in [2.24, 2.45) is 0 Å². The van der Waals surface area contributed by atoms with Gasteiger partial charge in [-0.3, -0.25) is 0 Å². The van der Waals surface area contributed by atoms with Crippen LogP contribution in [0.5, 0.6) is 11.5 Å². The molecule has 0 saturated heterocycles. The molecule has 3 unspecified atom stereocenters. The van der Waals surface area contributed by atoms with E-state index in [2.05, 4.69) is 19.2 Å². The molecule has 1 fully saturated rings. The van der Waals surface area contributed by atoms with Gasteiger partial charge in [-0.2, -0.15) is 0 Å². The molecule has 3 atom stereocenters. The van der Waals surface area contributed by atoms with Gasteiger partial charge in [0, 0.05) is 19.1 Å². The van der Waals surface area contributed by atoms with E-state index in [1.807, 2.05) is 24.3 Å². The van der Waals surface area contributed by atoms with E-state index in [0.29, 0.717) is 6.04 Å². The standard InChI is InChI=1S/C17H27NO3/c1-4-10-18-13-12-16(17(13)20-11-5-2)21-15-9-7-6-8-14(15)19-3/h6-9,13,16-18H,4-5,10-12H2,1-3H3. The van der Waals surface area contributed by atoms with Crippen LogP contribution in [0.25, 0.3) is 0 Å². The van der Waals surface area contributed by atoms with E-state index in [0.717, 1.165) is 43.9 Å². The Bertz CT molecular complexity index is 424. The molecular formula is C17H27NO3. The summed E-state index contributed by atoms with van der Waals surface area (Å²) in [6.45, 7) is 6.11. The molecule has 0 amide bonds. The molecule has 1 aromatic carbocycles. The van der Waals surface area contributed by atoms with E-state index in [-0.39, 0.29) is 12.2 Å². The van der Waals surface area contributed by atoms with Crippen molar-refractivity contribution in [1.29, 1.82) is 0 Å². The molecule has 4 heteroatoms. The van der Waals surface area contributed by atoms with Crippen LogP contribution in [0.1, 0.15) is 33.1 Å². The molecule has 1 saturated carbocycles. The Kier molecular flexibility index (Phi) is 6.33. The zero-order chi connectivity index (χ0) is 15.1. The zero-order valence-corrected chi connectivity index (χ0v) is 13.3. The summed E-state index contributed by atoms with van der Waals surface area (Å²) in [5.41, 5.74) is 0. The van der Waals surface area contributed by atoms with Gasteiger partial charge in [0.15, 0.2) is 11.5 Å². The van der Waals surface area contributed by atoms with Crippen LogP contribution in [0.4, 0.5) is 0 Å². The molecule has 1 aliphatic carbocycles. The van der Waals surface area contributed by atoms with Gasteiger partial charge in [-0.05, 0) is 31.5 Å². The highest BCUT2D eigenvalue weighted by molar-refractivity contribution is 5.39. The molecule has 0 spiro atoms. The van der Waals surface area contributed by atoms with Gasteiger partial charge in [-0.25, -0.2) is 0 Å². The summed E-state index contributed by atoms with van der Waals surface area (Å²) in [7, 11) is 1.67. The van der Waals surface area contributed by atoms with Crippen molar-refractivity contribution in [3.63, 3.8) is 0 Å². The SMILES string of the molecule is CCCNC1CC(Oc2ccccc2OC)C1OCCC. The first-order valence-electron chi connectivity index (χ1n) is 7.94. The third-order valence-electron chi connectivity index (χ3n) is 3.77. The van der Waals surface area contributed by atoms with Crippen LogP contribution < -0.4 is 14.8 Å². The van der Waals surface area contributed by atoms with Crippen molar-refractivity contribution in [1.82, 2.24) is 5.32 Å². The quantitative estimate of drug-likeness (QED) is 0.760. The Morgan fingerprint density at radius 3 is 2.57 bits per heavy atom. The maximum absolute atomic E-state index is 6.10. The first-order valence-corrected chi connectivity index (χ1v) is 7.94. The van der Waals surface area contributed by atoms with E-state index in [1.165, 1.54) is 0 Å². The monoisotopic (exact) mass is 293 g/mol. The molecular weight excluding hydrogens is 266 g/mol. The first kappa shape index (κ1) is 16.1. The van der Waals surface area contributed by atoms with E-state index in [4.69, 9.17) is 14.2 Å². The molecule has 0 aliphatic heterocycles. The van der Waals surface area contributed by atoms with E-state index in [9.17, 15) is 0 Å². The second kappa shape index (κ2) is 8.25. The number of benzene rings is 1. The summed E-state index contributed by atoms with van der Waals surface area (Å²) in [4.78, 5) is 0. The van der Waals surface area contributed by atoms with Crippen LogP contribution >= 0.6 is 0 Å². The topological polar surface area (TPSA) is 39.7 Å². The Hall–Kier alpha value is -1.26. The lowest BCUT2D eigenvalue weighted by molar-refractivity contribution is -0.108. The lowest BCUT2D eigenvalue weighted by Gasteiger charge is -2.44. The number of para-hydroxylation sites is 2. The van der Waals surface area contributed by atoms with Crippen molar-refractivity contribution in [2.45, 2.75) is 51.4 Å². The molecule has 21 heavy (non-hydrogen) atoms. The van der Waals surface area contributed by atoms with Crippen molar-refractivity contribution in [2.75, 3.05) is 20.3 Å². The molecule has 0 heterocycles. The molecule has 0 bridgehead atoms. The number of ether oxygens (including phenoxy) is 3. The minimum atomic E-state index is 0.0993. The predicted molar refractivity (Wildman–Crippen MR) is 84.1 cm³/mol. The Morgan fingerprint density at radius 2 is 1.90 bits per heavy atom. The molecule has 1 aromatic rings. The van der Waals surface area contributed by atoms with Crippen LogP contribution in [-0.2, 0) is 4.74 Å². The van der Waals surface area contributed by atoms with Gasteiger partial charge >= 0.3 is 0 Å². The third-order valence-corrected chi connectivity index (χ3v) is 3.77. The molecule has 118 valence electrons. The van der Waals surface area contributed by atoms with Crippen molar-refractivity contribution in [3.05, 3.63) is 24.3 Å². The van der Waals surface area contributed by atoms with Gasteiger partial charge < -0.3 is 19.5 Å². The summed E-state index contributed by atoms with van der Waals surface area (Å²) in [6.07, 6.45) is 3.36. The van der Waals surface area contributed by atoms with Gasteiger partial charge in [-0.1, -0.05) is 26.0 Å². The highest BCUT2D eigenvalue weighted by Crippen LogP contribution is 2.33.